The molecule has 104 valence electrons. The van der Waals surface area contributed by atoms with E-state index in [1.54, 1.807) is 7.11 Å². The molecule has 19 heavy (non-hydrogen) atoms. The van der Waals surface area contributed by atoms with Crippen LogP contribution in [0.4, 0.5) is 0 Å². The van der Waals surface area contributed by atoms with E-state index in [9.17, 15) is 4.79 Å². The van der Waals surface area contributed by atoms with Gasteiger partial charge in [0.15, 0.2) is 0 Å². The minimum Gasteiger partial charge on any atom is -0.497 e. The summed E-state index contributed by atoms with van der Waals surface area (Å²) in [6.45, 7) is 4.57. The van der Waals surface area contributed by atoms with Gasteiger partial charge in [-0.1, -0.05) is 26.0 Å². The van der Waals surface area contributed by atoms with Gasteiger partial charge in [0.2, 0.25) is 0 Å². The first kappa shape index (κ1) is 14.1. The molecule has 1 aliphatic carbocycles. The molecule has 3 unspecified atom stereocenters. The lowest BCUT2D eigenvalue weighted by Gasteiger charge is -2.41. The molecule has 1 aromatic carbocycles. The van der Waals surface area contributed by atoms with Crippen LogP contribution in [0.3, 0.4) is 0 Å². The lowest BCUT2D eigenvalue weighted by molar-refractivity contribution is -0.134. The number of nitrogens with two attached hydrogens (primary N) is 1. The van der Waals surface area contributed by atoms with Crippen molar-refractivity contribution in [3.8, 4) is 5.75 Å². The van der Waals surface area contributed by atoms with Gasteiger partial charge in [-0.15, -0.1) is 0 Å². The van der Waals surface area contributed by atoms with Crippen molar-refractivity contribution in [1.29, 1.82) is 0 Å². The van der Waals surface area contributed by atoms with E-state index in [0.717, 1.165) is 24.2 Å². The summed E-state index contributed by atoms with van der Waals surface area (Å²) in [6, 6.07) is 7.82. The Bertz CT molecular complexity index is 454. The topological polar surface area (TPSA) is 52.3 Å². The Morgan fingerprint density at radius 1 is 1.32 bits per heavy atom. The zero-order valence-electron chi connectivity index (χ0n) is 12.0. The number of carbonyl (C=O) groups is 1. The number of ketones is 1. The summed E-state index contributed by atoms with van der Waals surface area (Å²) in [6.07, 6.45) is 1.97. The second-order valence-electron chi connectivity index (χ2n) is 5.79. The fraction of sp³-hybridized carbons (Fsp3) is 0.562. The maximum absolute atomic E-state index is 12.7. The van der Waals surface area contributed by atoms with Crippen LogP contribution >= 0.6 is 0 Å². The summed E-state index contributed by atoms with van der Waals surface area (Å²) < 4.78 is 5.16. The fourth-order valence-corrected chi connectivity index (χ4v) is 2.96. The van der Waals surface area contributed by atoms with Gasteiger partial charge in [0.05, 0.1) is 7.11 Å². The van der Waals surface area contributed by atoms with Crippen molar-refractivity contribution in [1.82, 2.24) is 0 Å². The van der Waals surface area contributed by atoms with Crippen LogP contribution in [0, 0.1) is 11.3 Å². The van der Waals surface area contributed by atoms with Crippen molar-refractivity contribution < 1.29 is 9.53 Å². The van der Waals surface area contributed by atoms with Crippen molar-refractivity contribution in [2.75, 3.05) is 13.7 Å². The van der Waals surface area contributed by atoms with Gasteiger partial charge >= 0.3 is 0 Å². The van der Waals surface area contributed by atoms with Crippen molar-refractivity contribution in [2.24, 2.45) is 17.1 Å². The third-order valence-electron chi connectivity index (χ3n) is 4.80. The highest BCUT2D eigenvalue weighted by atomic mass is 16.5. The molecular weight excluding hydrogens is 238 g/mol. The molecule has 3 heteroatoms. The molecule has 0 bridgehead atoms. The summed E-state index contributed by atoms with van der Waals surface area (Å²) in [5.41, 5.74) is 6.56. The smallest absolute Gasteiger partial charge is 0.147 e. The molecule has 1 fully saturated rings. The number of rotatable bonds is 3. The summed E-state index contributed by atoms with van der Waals surface area (Å²) >= 11 is 0. The van der Waals surface area contributed by atoms with Crippen LogP contribution in [0.25, 0.3) is 0 Å². The maximum Gasteiger partial charge on any atom is 0.147 e. The first-order chi connectivity index (χ1) is 9.02. The first-order valence-corrected chi connectivity index (χ1v) is 6.91. The van der Waals surface area contributed by atoms with E-state index in [0.29, 0.717) is 18.2 Å². The Balaban J connectivity index is 2.27. The zero-order valence-corrected chi connectivity index (χ0v) is 12.0. The summed E-state index contributed by atoms with van der Waals surface area (Å²) in [5.74, 6) is 1.45. The fourth-order valence-electron chi connectivity index (χ4n) is 2.96. The molecule has 1 aliphatic rings. The molecule has 2 rings (SSSR count). The van der Waals surface area contributed by atoms with Crippen LogP contribution < -0.4 is 10.5 Å². The summed E-state index contributed by atoms with van der Waals surface area (Å²) in [4.78, 5) is 12.7. The number of carbonyl (C=O) groups excluding carboxylic acids is 1. The SMILES string of the molecule is COc1ccc(C2CCC(C)C(C)(CN)C2=O)cc1. The average Bonchev–Trinajstić information content (AvgIpc) is 2.45. The molecule has 3 nitrogen and oxygen atoms in total. The van der Waals surface area contributed by atoms with Gasteiger partial charge < -0.3 is 10.5 Å². The molecule has 0 heterocycles. The molecule has 1 aromatic rings. The number of hydrogen-bond acceptors (Lipinski definition) is 3. The third-order valence-corrected chi connectivity index (χ3v) is 4.80. The van der Waals surface area contributed by atoms with Crippen molar-refractivity contribution in [3.63, 3.8) is 0 Å². The zero-order chi connectivity index (χ0) is 14.0. The highest BCUT2D eigenvalue weighted by molar-refractivity contribution is 5.92. The highest BCUT2D eigenvalue weighted by Crippen LogP contribution is 2.43. The lowest BCUT2D eigenvalue weighted by Crippen LogP contribution is -2.47. The normalized spacial score (nSPS) is 31.3. The third kappa shape index (κ3) is 2.39. The Morgan fingerprint density at radius 3 is 2.47 bits per heavy atom. The van der Waals surface area contributed by atoms with E-state index in [1.165, 1.54) is 0 Å². The van der Waals surface area contributed by atoms with E-state index in [1.807, 2.05) is 31.2 Å². The number of methoxy groups -OCH3 is 1. The van der Waals surface area contributed by atoms with Crippen LogP contribution in [-0.2, 0) is 4.79 Å². The second kappa shape index (κ2) is 5.33. The molecule has 0 amide bonds. The molecule has 0 aromatic heterocycles. The standard InChI is InChI=1S/C16H23NO2/c1-11-4-9-14(15(18)16(11,2)10-17)12-5-7-13(19-3)8-6-12/h5-8,11,14H,4,9-10,17H2,1-3H3. The number of ether oxygens (including phenoxy) is 1. The predicted molar refractivity (Wildman–Crippen MR) is 76.3 cm³/mol. The molecule has 2 N–H and O–H groups in total. The van der Waals surface area contributed by atoms with Gasteiger partial charge in [-0.3, -0.25) is 4.79 Å². The van der Waals surface area contributed by atoms with E-state index >= 15 is 0 Å². The average molecular weight is 261 g/mol. The molecule has 0 radical (unpaired) electrons. The molecule has 0 aliphatic heterocycles. The van der Waals surface area contributed by atoms with Crippen LogP contribution in [0.5, 0.6) is 5.75 Å². The van der Waals surface area contributed by atoms with Crippen LogP contribution in [0.15, 0.2) is 24.3 Å². The molecule has 1 saturated carbocycles. The minimum absolute atomic E-state index is 0.0179. The van der Waals surface area contributed by atoms with Gasteiger partial charge in [-0.2, -0.15) is 0 Å². The Kier molecular flexibility index (Phi) is 3.95. The van der Waals surface area contributed by atoms with Gasteiger partial charge in [0.1, 0.15) is 11.5 Å². The van der Waals surface area contributed by atoms with E-state index in [-0.39, 0.29) is 11.3 Å². The summed E-state index contributed by atoms with van der Waals surface area (Å²) in [5, 5.41) is 0. The Labute approximate surface area is 115 Å². The van der Waals surface area contributed by atoms with Crippen molar-refractivity contribution >= 4 is 5.78 Å². The molecule has 0 saturated heterocycles. The Morgan fingerprint density at radius 2 is 1.95 bits per heavy atom. The van der Waals surface area contributed by atoms with Crippen LogP contribution in [0.1, 0.15) is 38.2 Å². The second-order valence-corrected chi connectivity index (χ2v) is 5.79. The van der Waals surface area contributed by atoms with Gasteiger partial charge in [0.25, 0.3) is 0 Å². The number of Topliss-reactive ketones (excluding diaryl/α,β-unsaturated/α-hetero) is 1. The van der Waals surface area contributed by atoms with E-state index in [4.69, 9.17) is 10.5 Å². The quantitative estimate of drug-likeness (QED) is 0.910. The Hall–Kier alpha value is -1.35. The summed E-state index contributed by atoms with van der Waals surface area (Å²) in [7, 11) is 1.65. The molecular formula is C16H23NO2. The van der Waals surface area contributed by atoms with Crippen molar-refractivity contribution in [2.45, 2.75) is 32.6 Å². The first-order valence-electron chi connectivity index (χ1n) is 6.91. The van der Waals surface area contributed by atoms with Crippen molar-refractivity contribution in [3.05, 3.63) is 29.8 Å². The monoisotopic (exact) mass is 261 g/mol. The van der Waals surface area contributed by atoms with Crippen LogP contribution in [0.2, 0.25) is 0 Å². The highest BCUT2D eigenvalue weighted by Gasteiger charge is 2.45. The largest absolute Gasteiger partial charge is 0.497 e. The maximum atomic E-state index is 12.7. The van der Waals surface area contributed by atoms with Crippen LogP contribution in [-0.4, -0.2) is 19.4 Å². The minimum atomic E-state index is -0.386. The van der Waals surface area contributed by atoms with E-state index in [2.05, 4.69) is 6.92 Å². The molecule has 3 atom stereocenters. The number of benzene rings is 1. The van der Waals surface area contributed by atoms with E-state index < -0.39 is 0 Å². The van der Waals surface area contributed by atoms with Gasteiger partial charge in [-0.25, -0.2) is 0 Å². The predicted octanol–water partition coefficient (Wildman–Crippen LogP) is 2.74. The van der Waals surface area contributed by atoms with Gasteiger partial charge in [0, 0.05) is 17.9 Å². The van der Waals surface area contributed by atoms with Gasteiger partial charge in [-0.05, 0) is 36.5 Å². The lowest BCUT2D eigenvalue weighted by atomic mass is 9.62. The number of hydrogen-bond donors (Lipinski definition) is 1. The molecule has 0 spiro atoms.